The van der Waals surface area contributed by atoms with Gasteiger partial charge >= 0.3 is 0 Å². The van der Waals surface area contributed by atoms with Crippen LogP contribution in [0.25, 0.3) is 6.08 Å². The number of rotatable bonds is 5. The van der Waals surface area contributed by atoms with Gasteiger partial charge < -0.3 is 10.4 Å². The van der Waals surface area contributed by atoms with Crippen LogP contribution in [0.15, 0.2) is 24.3 Å². The molecule has 2 N–H and O–H groups in total. The van der Waals surface area contributed by atoms with Crippen molar-refractivity contribution >= 4 is 35.2 Å². The molecule has 1 aromatic carbocycles. The molecule has 0 aliphatic carbocycles. The molecule has 0 fully saturated rings. The number of nitrogens with one attached hydrogen (secondary N) is 1. The first-order chi connectivity index (χ1) is 8.55. The molecule has 1 amide bonds. The Morgan fingerprint density at radius 2 is 2.00 bits per heavy atom. The van der Waals surface area contributed by atoms with E-state index in [1.165, 1.54) is 6.08 Å². The van der Waals surface area contributed by atoms with Crippen LogP contribution in [-0.4, -0.2) is 23.7 Å². The van der Waals surface area contributed by atoms with E-state index in [1.54, 1.807) is 24.3 Å². The van der Waals surface area contributed by atoms with Crippen LogP contribution in [0, 0.1) is 0 Å². The van der Waals surface area contributed by atoms with Gasteiger partial charge in [-0.05, 0) is 36.3 Å². The summed E-state index contributed by atoms with van der Waals surface area (Å²) in [7, 11) is 0. The normalized spacial score (nSPS) is 12.7. The van der Waals surface area contributed by atoms with Crippen molar-refractivity contribution < 1.29 is 9.90 Å². The zero-order chi connectivity index (χ0) is 13.5. The highest BCUT2D eigenvalue weighted by molar-refractivity contribution is 6.34. The number of amides is 1. The minimum absolute atomic E-state index is 0.0704. The maximum absolute atomic E-state index is 11.5. The van der Waals surface area contributed by atoms with Crippen LogP contribution >= 0.6 is 23.2 Å². The van der Waals surface area contributed by atoms with Crippen molar-refractivity contribution in [3.8, 4) is 0 Å². The zero-order valence-electron chi connectivity index (χ0n) is 9.99. The lowest BCUT2D eigenvalue weighted by Gasteiger charge is -2.11. The van der Waals surface area contributed by atoms with E-state index in [0.717, 1.165) is 5.56 Å². The molecular formula is C13H15Cl2NO2. The average Bonchev–Trinajstić information content (AvgIpc) is 2.32. The lowest BCUT2D eigenvalue weighted by atomic mass is 10.2. The maximum Gasteiger partial charge on any atom is 0.244 e. The molecule has 0 aliphatic heterocycles. The number of aliphatic hydroxyl groups excluding tert-OH is 1. The largest absolute Gasteiger partial charge is 0.394 e. The fourth-order valence-corrected chi connectivity index (χ4v) is 1.91. The topological polar surface area (TPSA) is 49.3 Å². The van der Waals surface area contributed by atoms with E-state index < -0.39 is 0 Å². The summed E-state index contributed by atoms with van der Waals surface area (Å²) in [5.74, 6) is -0.257. The van der Waals surface area contributed by atoms with E-state index in [4.69, 9.17) is 28.3 Å². The molecule has 0 bridgehead atoms. The molecule has 0 saturated carbocycles. The minimum atomic E-state index is -0.257. The SMILES string of the molecule is CC[C@@H](CO)NC(=O)/C=C/c1cc(Cl)cc(Cl)c1. The summed E-state index contributed by atoms with van der Waals surface area (Å²) < 4.78 is 0. The van der Waals surface area contributed by atoms with Gasteiger partial charge in [-0.2, -0.15) is 0 Å². The second-order valence-electron chi connectivity index (χ2n) is 3.83. The maximum atomic E-state index is 11.5. The monoisotopic (exact) mass is 287 g/mol. The molecule has 0 aromatic heterocycles. The van der Waals surface area contributed by atoms with Gasteiger partial charge in [0.15, 0.2) is 0 Å². The highest BCUT2D eigenvalue weighted by Gasteiger charge is 2.06. The molecular weight excluding hydrogens is 273 g/mol. The summed E-state index contributed by atoms with van der Waals surface area (Å²) in [5, 5.41) is 12.7. The summed E-state index contributed by atoms with van der Waals surface area (Å²) in [4.78, 5) is 11.5. The Morgan fingerprint density at radius 1 is 1.39 bits per heavy atom. The summed E-state index contributed by atoms with van der Waals surface area (Å²) in [6.45, 7) is 1.82. The second-order valence-corrected chi connectivity index (χ2v) is 4.71. The van der Waals surface area contributed by atoms with Gasteiger partial charge in [0, 0.05) is 16.1 Å². The Morgan fingerprint density at radius 3 is 2.50 bits per heavy atom. The van der Waals surface area contributed by atoms with Gasteiger partial charge in [-0.1, -0.05) is 30.1 Å². The average molecular weight is 288 g/mol. The van der Waals surface area contributed by atoms with Gasteiger partial charge in [0.25, 0.3) is 0 Å². The first-order valence-corrected chi connectivity index (χ1v) is 6.36. The van der Waals surface area contributed by atoms with Crippen LogP contribution in [0.2, 0.25) is 10.0 Å². The molecule has 1 rings (SSSR count). The molecule has 0 radical (unpaired) electrons. The molecule has 0 saturated heterocycles. The summed E-state index contributed by atoms with van der Waals surface area (Å²) in [5.41, 5.74) is 0.750. The van der Waals surface area contributed by atoms with Crippen molar-refractivity contribution in [3.63, 3.8) is 0 Å². The van der Waals surface area contributed by atoms with Crippen molar-refractivity contribution in [1.29, 1.82) is 0 Å². The van der Waals surface area contributed by atoms with Crippen molar-refractivity contribution in [2.24, 2.45) is 0 Å². The third kappa shape index (κ3) is 5.08. The van der Waals surface area contributed by atoms with E-state index in [9.17, 15) is 4.79 Å². The lowest BCUT2D eigenvalue weighted by molar-refractivity contribution is -0.117. The quantitative estimate of drug-likeness (QED) is 0.818. The highest BCUT2D eigenvalue weighted by atomic mass is 35.5. The lowest BCUT2D eigenvalue weighted by Crippen LogP contribution is -2.35. The van der Waals surface area contributed by atoms with Crippen LogP contribution in [0.5, 0.6) is 0 Å². The summed E-state index contributed by atoms with van der Waals surface area (Å²) in [6, 6.07) is 4.82. The van der Waals surface area contributed by atoms with E-state index >= 15 is 0 Å². The number of aliphatic hydroxyl groups is 1. The van der Waals surface area contributed by atoms with Gasteiger partial charge in [0.1, 0.15) is 0 Å². The Hall–Kier alpha value is -1.03. The molecule has 1 aromatic rings. The number of carbonyl (C=O) groups excluding carboxylic acids is 1. The third-order valence-electron chi connectivity index (χ3n) is 2.37. The first kappa shape index (κ1) is 15.0. The third-order valence-corrected chi connectivity index (χ3v) is 2.81. The number of hydrogen-bond donors (Lipinski definition) is 2. The molecule has 98 valence electrons. The van der Waals surface area contributed by atoms with Gasteiger partial charge in [-0.15, -0.1) is 0 Å². The zero-order valence-corrected chi connectivity index (χ0v) is 11.5. The molecule has 0 aliphatic rings. The van der Waals surface area contributed by atoms with Crippen molar-refractivity contribution in [2.45, 2.75) is 19.4 Å². The Balaban J connectivity index is 2.65. The number of hydrogen-bond acceptors (Lipinski definition) is 2. The molecule has 1 atom stereocenters. The fraction of sp³-hybridized carbons (Fsp3) is 0.308. The van der Waals surface area contributed by atoms with Crippen molar-refractivity contribution in [1.82, 2.24) is 5.32 Å². The molecule has 3 nitrogen and oxygen atoms in total. The van der Waals surface area contributed by atoms with Gasteiger partial charge in [0.05, 0.1) is 12.6 Å². The van der Waals surface area contributed by atoms with Crippen LogP contribution in [0.3, 0.4) is 0 Å². The standard InChI is InChI=1S/C13H15Cl2NO2/c1-2-12(8-17)16-13(18)4-3-9-5-10(14)7-11(15)6-9/h3-7,12,17H,2,8H2,1H3,(H,16,18)/b4-3+/t12-/m0/s1. The van der Waals surface area contributed by atoms with E-state index in [2.05, 4.69) is 5.32 Å². The predicted molar refractivity (Wildman–Crippen MR) is 74.8 cm³/mol. The summed E-state index contributed by atoms with van der Waals surface area (Å²) in [6.07, 6.45) is 3.69. The predicted octanol–water partition coefficient (Wildman–Crippen LogP) is 2.89. The number of carbonyl (C=O) groups is 1. The smallest absolute Gasteiger partial charge is 0.244 e. The molecule has 0 unspecified atom stereocenters. The molecule has 18 heavy (non-hydrogen) atoms. The Kier molecular flexibility index (Phi) is 6.19. The Labute approximate surface area is 116 Å². The van der Waals surface area contributed by atoms with Crippen LogP contribution in [-0.2, 0) is 4.79 Å². The van der Waals surface area contributed by atoms with Gasteiger partial charge in [0.2, 0.25) is 5.91 Å². The van der Waals surface area contributed by atoms with Crippen LogP contribution in [0.1, 0.15) is 18.9 Å². The molecule has 0 heterocycles. The van der Waals surface area contributed by atoms with Crippen molar-refractivity contribution in [2.75, 3.05) is 6.61 Å². The summed E-state index contributed by atoms with van der Waals surface area (Å²) >= 11 is 11.7. The Bertz CT molecular complexity index is 422. The van der Waals surface area contributed by atoms with Crippen LogP contribution in [0.4, 0.5) is 0 Å². The fourth-order valence-electron chi connectivity index (χ4n) is 1.37. The first-order valence-electron chi connectivity index (χ1n) is 5.60. The number of halogens is 2. The highest BCUT2D eigenvalue weighted by Crippen LogP contribution is 2.19. The van der Waals surface area contributed by atoms with E-state index in [1.807, 2.05) is 6.92 Å². The van der Waals surface area contributed by atoms with E-state index in [-0.39, 0.29) is 18.6 Å². The minimum Gasteiger partial charge on any atom is -0.394 e. The van der Waals surface area contributed by atoms with Gasteiger partial charge in [-0.25, -0.2) is 0 Å². The second kappa shape index (κ2) is 7.41. The van der Waals surface area contributed by atoms with Gasteiger partial charge in [-0.3, -0.25) is 4.79 Å². The molecule has 5 heteroatoms. The van der Waals surface area contributed by atoms with E-state index in [0.29, 0.717) is 16.5 Å². The molecule has 0 spiro atoms. The van der Waals surface area contributed by atoms with Crippen LogP contribution < -0.4 is 5.32 Å². The van der Waals surface area contributed by atoms with Crippen molar-refractivity contribution in [3.05, 3.63) is 39.9 Å². The number of benzene rings is 1.